The minimum atomic E-state index is -1.79. The van der Waals surface area contributed by atoms with E-state index in [0.717, 1.165) is 68.3 Å². The molecule has 2 N–H and O–H groups in total. The zero-order chi connectivity index (χ0) is 36.1. The van der Waals surface area contributed by atoms with Crippen molar-refractivity contribution in [2.24, 2.45) is 17.8 Å². The summed E-state index contributed by atoms with van der Waals surface area (Å²) < 4.78 is 12.0. The van der Waals surface area contributed by atoms with E-state index in [9.17, 15) is 19.8 Å². The second-order valence-electron chi connectivity index (χ2n) is 14.9. The first kappa shape index (κ1) is 38.4. The summed E-state index contributed by atoms with van der Waals surface area (Å²) in [6, 6.07) is 8.92. The highest BCUT2D eigenvalue weighted by Gasteiger charge is 2.45. The van der Waals surface area contributed by atoms with Crippen LogP contribution in [-0.4, -0.2) is 96.7 Å². The SMILES string of the molecule is C=C/C=C\C=C\C(O)(C(=O)OC1CN2CCC1CC2)c1ccccc1.C[N+]12CCC(CC1)C(OC=O)C2.OC(C1=CCCC=C1)C1C=CC=CC1. The highest BCUT2D eigenvalue weighted by molar-refractivity contribution is 5.83. The van der Waals surface area contributed by atoms with Crippen molar-refractivity contribution < 1.29 is 33.8 Å². The van der Waals surface area contributed by atoms with Crippen LogP contribution < -0.4 is 0 Å². The molecule has 2 aliphatic carbocycles. The van der Waals surface area contributed by atoms with Crippen molar-refractivity contribution >= 4 is 12.4 Å². The first-order valence-electron chi connectivity index (χ1n) is 18.7. The highest BCUT2D eigenvalue weighted by atomic mass is 16.6. The molecule has 0 spiro atoms. The number of quaternary nitrogens is 1. The van der Waals surface area contributed by atoms with Gasteiger partial charge < -0.3 is 24.2 Å². The van der Waals surface area contributed by atoms with Crippen molar-refractivity contribution in [3.63, 3.8) is 0 Å². The maximum Gasteiger partial charge on any atom is 0.347 e. The lowest BCUT2D eigenvalue weighted by atomic mass is 9.84. The van der Waals surface area contributed by atoms with Gasteiger partial charge in [-0.3, -0.25) is 9.69 Å². The van der Waals surface area contributed by atoms with Crippen LogP contribution in [0.25, 0.3) is 0 Å². The van der Waals surface area contributed by atoms with Crippen molar-refractivity contribution in [1.29, 1.82) is 0 Å². The normalized spacial score (nSPS) is 32.1. The molecule has 8 nitrogen and oxygen atoms in total. The zero-order valence-corrected chi connectivity index (χ0v) is 30.2. The van der Waals surface area contributed by atoms with E-state index in [0.29, 0.717) is 23.9 Å². The Kier molecular flexibility index (Phi) is 14.0. The molecule has 5 unspecified atom stereocenters. The highest BCUT2D eigenvalue weighted by Crippen LogP contribution is 2.34. The molecule has 6 heterocycles. The van der Waals surface area contributed by atoms with E-state index in [1.54, 1.807) is 48.6 Å². The number of carbonyl (C=O) groups excluding carboxylic acids is 2. The summed E-state index contributed by atoms with van der Waals surface area (Å²) in [6.45, 7) is 10.7. The molecular formula is C43H57N2O6+. The van der Waals surface area contributed by atoms with Crippen LogP contribution in [0.3, 0.4) is 0 Å². The van der Waals surface area contributed by atoms with Crippen molar-refractivity contribution in [1.82, 2.24) is 4.90 Å². The number of hydrogen-bond donors (Lipinski definition) is 2. The van der Waals surface area contributed by atoms with Crippen LogP contribution in [0.1, 0.15) is 50.5 Å². The fraction of sp³-hybridized carbons (Fsp3) is 0.488. The molecule has 1 aromatic carbocycles. The summed E-state index contributed by atoms with van der Waals surface area (Å²) in [4.78, 5) is 25.4. The first-order chi connectivity index (χ1) is 24.7. The lowest BCUT2D eigenvalue weighted by Gasteiger charge is -2.49. The van der Waals surface area contributed by atoms with Crippen molar-refractivity contribution in [2.45, 2.75) is 68.9 Å². The van der Waals surface area contributed by atoms with Gasteiger partial charge in [-0.25, -0.2) is 4.79 Å². The van der Waals surface area contributed by atoms with Gasteiger partial charge in [-0.15, -0.1) is 0 Å². The van der Waals surface area contributed by atoms with Gasteiger partial charge in [0.1, 0.15) is 12.6 Å². The monoisotopic (exact) mass is 697 g/mol. The van der Waals surface area contributed by atoms with Crippen molar-refractivity contribution in [2.75, 3.05) is 46.3 Å². The Labute approximate surface area is 304 Å². The Balaban J connectivity index is 0.000000163. The minimum Gasteiger partial charge on any atom is -0.458 e. The minimum absolute atomic E-state index is 0.137. The van der Waals surface area contributed by atoms with E-state index in [1.165, 1.54) is 32.0 Å². The zero-order valence-electron chi connectivity index (χ0n) is 30.2. The molecule has 4 bridgehead atoms. The number of benzene rings is 1. The third kappa shape index (κ3) is 10.4. The number of hydrogen-bond acceptors (Lipinski definition) is 7. The summed E-state index contributed by atoms with van der Waals surface area (Å²) in [5.74, 6) is 0.698. The number of likely N-dealkylation sites (N-methyl/N-ethyl adjacent to an activating group) is 1. The van der Waals surface area contributed by atoms with E-state index in [1.807, 2.05) is 18.2 Å². The second kappa shape index (κ2) is 18.6. The molecular weight excluding hydrogens is 640 g/mol. The average Bonchev–Trinajstić information content (AvgIpc) is 3.18. The molecule has 8 aliphatic rings. The lowest BCUT2D eigenvalue weighted by Crippen LogP contribution is -2.61. The van der Waals surface area contributed by atoms with Crippen LogP contribution in [0.15, 0.2) is 115 Å². The Morgan fingerprint density at radius 2 is 1.75 bits per heavy atom. The number of rotatable bonds is 10. The molecule has 6 saturated heterocycles. The first-order valence-corrected chi connectivity index (χ1v) is 18.7. The molecule has 0 aromatic heterocycles. The van der Waals surface area contributed by atoms with Gasteiger partial charge in [0.15, 0.2) is 6.10 Å². The lowest BCUT2D eigenvalue weighted by molar-refractivity contribution is -0.928. The number of esters is 1. The quantitative estimate of drug-likeness (QED) is 0.135. The molecule has 6 fully saturated rings. The van der Waals surface area contributed by atoms with Gasteiger partial charge in [0.2, 0.25) is 5.60 Å². The largest absolute Gasteiger partial charge is 0.458 e. The van der Waals surface area contributed by atoms with E-state index < -0.39 is 11.6 Å². The molecule has 0 saturated carbocycles. The summed E-state index contributed by atoms with van der Waals surface area (Å²) in [5.41, 5.74) is -0.204. The Morgan fingerprint density at radius 1 is 1.00 bits per heavy atom. The summed E-state index contributed by atoms with van der Waals surface area (Å²) in [7, 11) is 2.26. The number of fused-ring (bicyclic) bond motifs is 6. The second-order valence-corrected chi connectivity index (χ2v) is 14.9. The van der Waals surface area contributed by atoms with Crippen LogP contribution >= 0.6 is 0 Å². The average molecular weight is 698 g/mol. The van der Waals surface area contributed by atoms with Gasteiger partial charge in [0.05, 0.1) is 26.2 Å². The van der Waals surface area contributed by atoms with Gasteiger partial charge in [0, 0.05) is 31.2 Å². The molecule has 1 aromatic rings. The van der Waals surface area contributed by atoms with Crippen LogP contribution in [0, 0.1) is 17.8 Å². The number of carbonyl (C=O) groups is 2. The van der Waals surface area contributed by atoms with Crippen LogP contribution in [0.2, 0.25) is 0 Å². The molecule has 6 aliphatic heterocycles. The van der Waals surface area contributed by atoms with E-state index in [-0.39, 0.29) is 24.2 Å². The van der Waals surface area contributed by atoms with E-state index >= 15 is 0 Å². The van der Waals surface area contributed by atoms with Crippen LogP contribution in [0.4, 0.5) is 0 Å². The number of nitrogens with zero attached hydrogens (tertiary/aromatic N) is 2. The molecule has 9 rings (SSSR count). The molecule has 8 heteroatoms. The summed E-state index contributed by atoms with van der Waals surface area (Å²) in [5, 5.41) is 21.2. The van der Waals surface area contributed by atoms with E-state index in [2.05, 4.69) is 48.9 Å². The molecule has 274 valence electrons. The maximum atomic E-state index is 12.9. The summed E-state index contributed by atoms with van der Waals surface area (Å²) in [6.07, 6.45) is 30.3. The third-order valence-corrected chi connectivity index (χ3v) is 11.3. The predicted octanol–water partition coefficient (Wildman–Crippen LogP) is 5.96. The Hall–Kier alpha value is -3.82. The van der Waals surface area contributed by atoms with Gasteiger partial charge >= 0.3 is 5.97 Å². The van der Waals surface area contributed by atoms with Crippen molar-refractivity contribution in [3.05, 3.63) is 121 Å². The fourth-order valence-corrected chi connectivity index (χ4v) is 8.09. The van der Waals surface area contributed by atoms with E-state index in [4.69, 9.17) is 9.47 Å². The molecule has 51 heavy (non-hydrogen) atoms. The smallest absolute Gasteiger partial charge is 0.347 e. The van der Waals surface area contributed by atoms with Crippen molar-refractivity contribution in [3.8, 4) is 0 Å². The van der Waals surface area contributed by atoms with Gasteiger partial charge in [0.25, 0.3) is 6.47 Å². The number of ether oxygens (including phenoxy) is 2. The van der Waals surface area contributed by atoms with Crippen LogP contribution in [0.5, 0.6) is 0 Å². The third-order valence-electron chi connectivity index (χ3n) is 11.3. The van der Waals surface area contributed by atoms with Gasteiger partial charge in [-0.1, -0.05) is 104 Å². The maximum absolute atomic E-state index is 12.9. The Bertz CT molecular complexity index is 1480. The topological polar surface area (TPSA) is 96.3 Å². The Morgan fingerprint density at radius 3 is 2.33 bits per heavy atom. The number of piperidine rings is 6. The molecule has 5 atom stereocenters. The molecule has 0 radical (unpaired) electrons. The fourth-order valence-electron chi connectivity index (χ4n) is 8.09. The van der Waals surface area contributed by atoms with Crippen LogP contribution in [-0.2, 0) is 24.7 Å². The standard InChI is InChI=1S/C21H25NO3.C13H16O.C9H16NO2/c1-2-3-4-8-13-21(24,18-9-6-5-7-10-18)20(23)25-19-16-22-14-11-17(19)12-15-22;14-13(11-7-3-1-4-8-11)12-9-5-2-6-10-12;1-10-4-2-8(3-5-10)9(6-10)12-7-11/h2-10,13,17,19,24H,1,11-12,14-16H2;1,3-5,7,9-11,13-14H,2,6,8H2;7-9H,2-6H2,1H3/q;;+1/b4-3-,13-8+;;. The number of aliphatic hydroxyl groups excluding tert-OH is 1. The number of aliphatic hydroxyl groups is 2. The van der Waals surface area contributed by atoms with Gasteiger partial charge in [-0.2, -0.15) is 0 Å². The summed E-state index contributed by atoms with van der Waals surface area (Å²) >= 11 is 0. The predicted molar refractivity (Wildman–Crippen MR) is 201 cm³/mol. The number of allylic oxidation sites excluding steroid dienone is 9. The van der Waals surface area contributed by atoms with Gasteiger partial charge in [-0.05, 0) is 68.3 Å². The molecule has 0 amide bonds.